The lowest BCUT2D eigenvalue weighted by molar-refractivity contribution is -0.123. The van der Waals surface area contributed by atoms with Crippen LogP contribution in [0.1, 0.15) is 19.8 Å². The molecule has 3 atom stereocenters. The minimum absolute atomic E-state index is 0.0667. The number of ether oxygens (including phenoxy) is 1. The highest BCUT2D eigenvalue weighted by atomic mass is 16.5. The second kappa shape index (κ2) is 4.99. The topological polar surface area (TPSA) is 64.4 Å². The van der Waals surface area contributed by atoms with E-state index in [2.05, 4.69) is 11.2 Å². The van der Waals surface area contributed by atoms with E-state index in [4.69, 9.17) is 16.9 Å². The van der Waals surface area contributed by atoms with E-state index in [0.29, 0.717) is 6.61 Å². The molecule has 1 saturated heterocycles. The van der Waals surface area contributed by atoms with E-state index in [1.807, 2.05) is 6.92 Å². The maximum absolute atomic E-state index is 11.4. The molecule has 3 unspecified atom stereocenters. The van der Waals surface area contributed by atoms with Crippen molar-refractivity contribution in [3.8, 4) is 12.3 Å². The van der Waals surface area contributed by atoms with Crippen LogP contribution in [0.15, 0.2) is 0 Å². The average Bonchev–Trinajstić information content (AvgIpc) is 2.52. The summed E-state index contributed by atoms with van der Waals surface area (Å²) in [5.41, 5.74) is 5.56. The van der Waals surface area contributed by atoms with E-state index in [1.54, 1.807) is 0 Å². The number of terminal acetylenes is 1. The minimum atomic E-state index is -0.604. The van der Waals surface area contributed by atoms with Gasteiger partial charge in [-0.2, -0.15) is 0 Å². The highest BCUT2D eigenvalue weighted by Gasteiger charge is 2.26. The molecule has 4 nitrogen and oxygen atoms in total. The molecule has 0 aromatic carbocycles. The molecule has 78 valence electrons. The summed E-state index contributed by atoms with van der Waals surface area (Å²) in [5.74, 6) is 2.18. The summed E-state index contributed by atoms with van der Waals surface area (Å²) in [6.07, 6.45) is 6.25. The van der Waals surface area contributed by atoms with E-state index in [1.165, 1.54) is 0 Å². The van der Waals surface area contributed by atoms with Crippen molar-refractivity contribution in [1.82, 2.24) is 5.32 Å². The van der Waals surface area contributed by atoms with Gasteiger partial charge in [0.05, 0.1) is 18.2 Å². The van der Waals surface area contributed by atoms with Gasteiger partial charge in [-0.25, -0.2) is 0 Å². The second-order valence-electron chi connectivity index (χ2n) is 3.49. The third-order valence-corrected chi connectivity index (χ3v) is 2.38. The molecule has 1 aliphatic rings. The molecule has 4 heteroatoms. The van der Waals surface area contributed by atoms with Crippen LogP contribution in [-0.4, -0.2) is 30.7 Å². The predicted molar refractivity (Wildman–Crippen MR) is 53.4 cm³/mol. The summed E-state index contributed by atoms with van der Waals surface area (Å²) in [7, 11) is 0. The third kappa shape index (κ3) is 2.72. The van der Waals surface area contributed by atoms with E-state index >= 15 is 0 Å². The Morgan fingerprint density at radius 1 is 1.86 bits per heavy atom. The van der Waals surface area contributed by atoms with Gasteiger partial charge in [0.15, 0.2) is 0 Å². The summed E-state index contributed by atoms with van der Waals surface area (Å²) >= 11 is 0. The Kier molecular flexibility index (Phi) is 3.93. The van der Waals surface area contributed by atoms with Crippen molar-refractivity contribution in [2.24, 2.45) is 5.73 Å². The summed E-state index contributed by atoms with van der Waals surface area (Å²) in [6, 6.07) is -0.529. The van der Waals surface area contributed by atoms with Crippen molar-refractivity contribution in [1.29, 1.82) is 0 Å². The van der Waals surface area contributed by atoms with Crippen LogP contribution < -0.4 is 11.1 Å². The summed E-state index contributed by atoms with van der Waals surface area (Å²) in [6.45, 7) is 2.63. The third-order valence-electron chi connectivity index (χ3n) is 2.38. The van der Waals surface area contributed by atoms with E-state index < -0.39 is 6.04 Å². The zero-order chi connectivity index (χ0) is 10.6. The maximum atomic E-state index is 11.4. The van der Waals surface area contributed by atoms with E-state index in [-0.39, 0.29) is 24.5 Å². The number of carbonyl (C=O) groups excluding carboxylic acids is 1. The lowest BCUT2D eigenvalue weighted by atomic mass is 10.1. The van der Waals surface area contributed by atoms with Crippen LogP contribution in [0, 0.1) is 12.3 Å². The summed E-state index contributed by atoms with van der Waals surface area (Å²) in [4.78, 5) is 11.4. The van der Waals surface area contributed by atoms with Crippen molar-refractivity contribution in [3.63, 3.8) is 0 Å². The normalized spacial score (nSPS) is 28.1. The number of nitrogens with two attached hydrogens (primary N) is 1. The van der Waals surface area contributed by atoms with Gasteiger partial charge >= 0.3 is 0 Å². The van der Waals surface area contributed by atoms with Gasteiger partial charge in [0.1, 0.15) is 0 Å². The molecule has 1 rings (SSSR count). The van der Waals surface area contributed by atoms with Crippen LogP contribution in [0.25, 0.3) is 0 Å². The zero-order valence-electron chi connectivity index (χ0n) is 8.32. The first kappa shape index (κ1) is 11.0. The number of carbonyl (C=O) groups is 1. The molecule has 0 saturated carbocycles. The fourth-order valence-electron chi connectivity index (χ4n) is 1.43. The second-order valence-corrected chi connectivity index (χ2v) is 3.49. The molecule has 0 bridgehead atoms. The van der Waals surface area contributed by atoms with Crippen LogP contribution >= 0.6 is 0 Å². The molecular weight excluding hydrogens is 180 g/mol. The van der Waals surface area contributed by atoms with Gasteiger partial charge in [0, 0.05) is 13.0 Å². The Bertz CT molecular complexity index is 247. The van der Waals surface area contributed by atoms with E-state index in [0.717, 1.165) is 6.42 Å². The van der Waals surface area contributed by atoms with Gasteiger partial charge in [0.2, 0.25) is 5.91 Å². The molecule has 3 N–H and O–H groups in total. The average molecular weight is 196 g/mol. The molecule has 0 radical (unpaired) electrons. The first-order valence-corrected chi connectivity index (χ1v) is 4.76. The first-order chi connectivity index (χ1) is 6.65. The molecule has 0 spiro atoms. The smallest absolute Gasteiger partial charge is 0.238 e. The molecule has 1 aliphatic heterocycles. The first-order valence-electron chi connectivity index (χ1n) is 4.76. The minimum Gasteiger partial charge on any atom is -0.376 e. The van der Waals surface area contributed by atoms with Crippen LogP contribution in [0.5, 0.6) is 0 Å². The van der Waals surface area contributed by atoms with Crippen molar-refractivity contribution < 1.29 is 9.53 Å². The SMILES string of the molecule is C#CCC(N)C(=O)NC1CCOC1C. The predicted octanol–water partition coefficient (Wildman–Crippen LogP) is -0.369. The van der Waals surface area contributed by atoms with Crippen LogP contribution in [-0.2, 0) is 9.53 Å². The number of hydrogen-bond acceptors (Lipinski definition) is 3. The molecule has 0 aromatic rings. The number of nitrogens with one attached hydrogen (secondary N) is 1. The fraction of sp³-hybridized carbons (Fsp3) is 0.700. The number of hydrogen-bond donors (Lipinski definition) is 2. The summed E-state index contributed by atoms with van der Waals surface area (Å²) in [5, 5.41) is 2.83. The quantitative estimate of drug-likeness (QED) is 0.605. The van der Waals surface area contributed by atoms with Crippen molar-refractivity contribution in [3.05, 3.63) is 0 Å². The summed E-state index contributed by atoms with van der Waals surface area (Å²) < 4.78 is 5.31. The number of rotatable bonds is 3. The van der Waals surface area contributed by atoms with Gasteiger partial charge < -0.3 is 15.8 Å². The lowest BCUT2D eigenvalue weighted by Crippen LogP contribution is -2.47. The Labute approximate surface area is 84.2 Å². The molecule has 1 fully saturated rings. The molecule has 1 heterocycles. The number of amides is 1. The van der Waals surface area contributed by atoms with E-state index in [9.17, 15) is 4.79 Å². The lowest BCUT2D eigenvalue weighted by Gasteiger charge is -2.18. The highest BCUT2D eigenvalue weighted by molar-refractivity contribution is 5.82. The van der Waals surface area contributed by atoms with Gasteiger partial charge in [-0.05, 0) is 13.3 Å². The van der Waals surface area contributed by atoms with Crippen LogP contribution in [0.2, 0.25) is 0 Å². The zero-order valence-corrected chi connectivity index (χ0v) is 8.32. The molecule has 0 aromatic heterocycles. The maximum Gasteiger partial charge on any atom is 0.238 e. The van der Waals surface area contributed by atoms with Crippen molar-refractivity contribution >= 4 is 5.91 Å². The van der Waals surface area contributed by atoms with Crippen molar-refractivity contribution in [2.75, 3.05) is 6.61 Å². The van der Waals surface area contributed by atoms with Crippen LogP contribution in [0.4, 0.5) is 0 Å². The molecule has 1 amide bonds. The molecular formula is C10H16N2O2. The molecule has 14 heavy (non-hydrogen) atoms. The van der Waals surface area contributed by atoms with Gasteiger partial charge in [0.25, 0.3) is 0 Å². The van der Waals surface area contributed by atoms with Gasteiger partial charge in [-0.1, -0.05) is 0 Å². The van der Waals surface area contributed by atoms with Crippen LogP contribution in [0.3, 0.4) is 0 Å². The monoisotopic (exact) mass is 196 g/mol. The largest absolute Gasteiger partial charge is 0.376 e. The molecule has 0 aliphatic carbocycles. The highest BCUT2D eigenvalue weighted by Crippen LogP contribution is 2.12. The van der Waals surface area contributed by atoms with Gasteiger partial charge in [-0.3, -0.25) is 4.79 Å². The van der Waals surface area contributed by atoms with Gasteiger partial charge in [-0.15, -0.1) is 12.3 Å². The Morgan fingerprint density at radius 3 is 3.07 bits per heavy atom. The standard InChI is InChI=1S/C10H16N2O2/c1-3-4-8(11)10(13)12-9-5-6-14-7(9)2/h1,7-9H,4-6,11H2,2H3,(H,12,13). The Morgan fingerprint density at radius 2 is 2.57 bits per heavy atom. The Balaban J connectivity index is 2.36. The Hall–Kier alpha value is -1.05. The van der Waals surface area contributed by atoms with Crippen molar-refractivity contribution in [2.45, 2.75) is 38.0 Å². The fourth-order valence-corrected chi connectivity index (χ4v) is 1.43.